The SMILES string of the molecule is CC(C)C(C)(CC(=O)N(CC#N)CC#N)C(=O)O. The van der Waals surface area contributed by atoms with Gasteiger partial charge >= 0.3 is 5.97 Å². The van der Waals surface area contributed by atoms with Gasteiger partial charge in [-0.1, -0.05) is 13.8 Å². The number of hydrogen-bond donors (Lipinski definition) is 1. The van der Waals surface area contributed by atoms with Crippen molar-refractivity contribution in [3.63, 3.8) is 0 Å². The fourth-order valence-corrected chi connectivity index (χ4v) is 1.36. The van der Waals surface area contributed by atoms with Gasteiger partial charge in [0, 0.05) is 6.42 Å². The highest BCUT2D eigenvalue weighted by atomic mass is 16.4. The van der Waals surface area contributed by atoms with Crippen molar-refractivity contribution in [1.29, 1.82) is 10.5 Å². The molecular weight excluding hydrogens is 234 g/mol. The molecule has 0 spiro atoms. The van der Waals surface area contributed by atoms with Crippen molar-refractivity contribution in [3.05, 3.63) is 0 Å². The van der Waals surface area contributed by atoms with Crippen LogP contribution in [0.2, 0.25) is 0 Å². The number of aliphatic carboxylic acids is 1. The minimum Gasteiger partial charge on any atom is -0.481 e. The van der Waals surface area contributed by atoms with Gasteiger partial charge in [-0.15, -0.1) is 0 Å². The number of nitriles is 2. The number of hydrogen-bond acceptors (Lipinski definition) is 4. The highest BCUT2D eigenvalue weighted by molar-refractivity contribution is 5.85. The Bertz CT molecular complexity index is 390. The number of amides is 1. The molecule has 6 nitrogen and oxygen atoms in total. The summed E-state index contributed by atoms with van der Waals surface area (Å²) in [6.07, 6.45) is -0.219. The molecule has 1 atom stereocenters. The van der Waals surface area contributed by atoms with Crippen molar-refractivity contribution in [2.24, 2.45) is 11.3 Å². The second kappa shape index (κ2) is 6.61. The van der Waals surface area contributed by atoms with Gasteiger partial charge in [-0.2, -0.15) is 10.5 Å². The number of rotatable bonds is 6. The first-order valence-electron chi connectivity index (χ1n) is 5.54. The lowest BCUT2D eigenvalue weighted by Crippen LogP contribution is -2.41. The van der Waals surface area contributed by atoms with Crippen LogP contribution in [0.4, 0.5) is 0 Å². The van der Waals surface area contributed by atoms with Gasteiger partial charge < -0.3 is 10.0 Å². The summed E-state index contributed by atoms with van der Waals surface area (Å²) in [6.45, 7) is 4.52. The largest absolute Gasteiger partial charge is 0.481 e. The molecule has 1 N–H and O–H groups in total. The molecule has 1 amide bonds. The van der Waals surface area contributed by atoms with Crippen LogP contribution in [-0.2, 0) is 9.59 Å². The van der Waals surface area contributed by atoms with E-state index < -0.39 is 17.3 Å². The number of nitrogens with zero attached hydrogens (tertiary/aromatic N) is 3. The summed E-state index contributed by atoms with van der Waals surface area (Å²) >= 11 is 0. The highest BCUT2D eigenvalue weighted by Gasteiger charge is 2.39. The van der Waals surface area contributed by atoms with Crippen LogP contribution >= 0.6 is 0 Å². The molecule has 0 aliphatic heterocycles. The third kappa shape index (κ3) is 3.74. The van der Waals surface area contributed by atoms with Crippen molar-refractivity contribution >= 4 is 11.9 Å². The molecule has 0 aromatic heterocycles. The first-order valence-corrected chi connectivity index (χ1v) is 5.54. The normalized spacial score (nSPS) is 13.2. The summed E-state index contributed by atoms with van der Waals surface area (Å²) in [7, 11) is 0. The fraction of sp³-hybridized carbons (Fsp3) is 0.667. The predicted molar refractivity (Wildman–Crippen MR) is 63.0 cm³/mol. The molecule has 0 aromatic rings. The summed E-state index contributed by atoms with van der Waals surface area (Å²) in [5.41, 5.74) is -1.19. The predicted octanol–water partition coefficient (Wildman–Crippen LogP) is 0.999. The average Bonchev–Trinajstić information content (AvgIpc) is 2.27. The van der Waals surface area contributed by atoms with Crippen molar-refractivity contribution in [3.8, 4) is 12.1 Å². The van der Waals surface area contributed by atoms with Crippen LogP contribution in [0.15, 0.2) is 0 Å². The maximum absolute atomic E-state index is 11.9. The third-order valence-corrected chi connectivity index (χ3v) is 3.16. The van der Waals surface area contributed by atoms with Gasteiger partial charge in [-0.05, 0) is 12.8 Å². The molecule has 1 unspecified atom stereocenters. The fourth-order valence-electron chi connectivity index (χ4n) is 1.36. The van der Waals surface area contributed by atoms with Gasteiger partial charge in [0.25, 0.3) is 0 Å². The van der Waals surface area contributed by atoms with Crippen LogP contribution in [0, 0.1) is 34.0 Å². The molecule has 0 aromatic carbocycles. The Morgan fingerprint density at radius 1 is 1.28 bits per heavy atom. The van der Waals surface area contributed by atoms with Crippen LogP contribution in [0.5, 0.6) is 0 Å². The zero-order chi connectivity index (χ0) is 14.3. The van der Waals surface area contributed by atoms with Gasteiger partial charge in [0.05, 0.1) is 17.6 Å². The molecule has 0 fully saturated rings. The number of carbonyl (C=O) groups excluding carboxylic acids is 1. The quantitative estimate of drug-likeness (QED) is 0.709. The van der Waals surface area contributed by atoms with E-state index in [1.54, 1.807) is 26.0 Å². The standard InChI is InChI=1S/C12H17N3O3/c1-9(2)12(3,11(17)18)8-10(16)15(6-4-13)7-5-14/h9H,6-8H2,1-3H3,(H,17,18). The lowest BCUT2D eigenvalue weighted by atomic mass is 9.76. The van der Waals surface area contributed by atoms with E-state index in [0.717, 1.165) is 4.90 Å². The van der Waals surface area contributed by atoms with Crippen molar-refractivity contribution in [2.45, 2.75) is 27.2 Å². The van der Waals surface area contributed by atoms with Crippen LogP contribution < -0.4 is 0 Å². The van der Waals surface area contributed by atoms with Gasteiger partial charge in [0.1, 0.15) is 13.1 Å². The molecule has 18 heavy (non-hydrogen) atoms. The van der Waals surface area contributed by atoms with E-state index in [9.17, 15) is 14.7 Å². The molecule has 0 heterocycles. The maximum Gasteiger partial charge on any atom is 0.310 e. The van der Waals surface area contributed by atoms with E-state index in [2.05, 4.69) is 0 Å². The topological polar surface area (TPSA) is 105 Å². The van der Waals surface area contributed by atoms with E-state index in [1.165, 1.54) is 6.92 Å². The Hall–Kier alpha value is -2.08. The Kier molecular flexibility index (Phi) is 5.84. The summed E-state index contributed by atoms with van der Waals surface area (Å²) in [4.78, 5) is 24.2. The number of carbonyl (C=O) groups is 2. The lowest BCUT2D eigenvalue weighted by Gasteiger charge is -2.30. The zero-order valence-electron chi connectivity index (χ0n) is 10.8. The molecular formula is C12H17N3O3. The molecule has 0 radical (unpaired) electrons. The zero-order valence-corrected chi connectivity index (χ0v) is 10.8. The molecule has 0 aliphatic rings. The average molecular weight is 251 g/mol. The van der Waals surface area contributed by atoms with E-state index in [1.807, 2.05) is 0 Å². The van der Waals surface area contributed by atoms with Crippen molar-refractivity contribution in [2.75, 3.05) is 13.1 Å². The molecule has 0 rings (SSSR count). The maximum atomic E-state index is 11.9. The third-order valence-electron chi connectivity index (χ3n) is 3.16. The monoisotopic (exact) mass is 251 g/mol. The van der Waals surface area contributed by atoms with Crippen molar-refractivity contribution in [1.82, 2.24) is 4.90 Å². The Morgan fingerprint density at radius 2 is 1.72 bits per heavy atom. The van der Waals surface area contributed by atoms with Crippen LogP contribution in [0.1, 0.15) is 27.2 Å². The first kappa shape index (κ1) is 15.9. The summed E-state index contributed by atoms with van der Waals surface area (Å²) < 4.78 is 0. The number of carboxylic acids is 1. The van der Waals surface area contributed by atoms with Crippen LogP contribution in [0.3, 0.4) is 0 Å². The first-order chi connectivity index (χ1) is 8.29. The Morgan fingerprint density at radius 3 is 2.00 bits per heavy atom. The molecule has 0 bridgehead atoms. The van der Waals surface area contributed by atoms with Gasteiger partial charge in [-0.3, -0.25) is 9.59 Å². The van der Waals surface area contributed by atoms with E-state index in [4.69, 9.17) is 10.5 Å². The molecule has 98 valence electrons. The minimum absolute atomic E-state index is 0.208. The van der Waals surface area contributed by atoms with E-state index >= 15 is 0 Å². The number of carboxylic acid groups (broad SMARTS) is 1. The second-order valence-corrected chi connectivity index (χ2v) is 4.62. The van der Waals surface area contributed by atoms with Gasteiger partial charge in [-0.25, -0.2) is 0 Å². The summed E-state index contributed by atoms with van der Waals surface area (Å²) in [5, 5.41) is 26.3. The smallest absolute Gasteiger partial charge is 0.310 e. The Labute approximate surface area is 106 Å². The molecule has 0 saturated carbocycles. The van der Waals surface area contributed by atoms with Gasteiger partial charge in [0.15, 0.2) is 0 Å². The second-order valence-electron chi connectivity index (χ2n) is 4.62. The minimum atomic E-state index is -1.19. The summed E-state index contributed by atoms with van der Waals surface area (Å²) in [6, 6.07) is 3.57. The van der Waals surface area contributed by atoms with Crippen LogP contribution in [0.25, 0.3) is 0 Å². The lowest BCUT2D eigenvalue weighted by molar-refractivity contribution is -0.155. The molecule has 0 saturated heterocycles. The van der Waals surface area contributed by atoms with Crippen LogP contribution in [-0.4, -0.2) is 35.0 Å². The van der Waals surface area contributed by atoms with E-state index in [-0.39, 0.29) is 25.4 Å². The molecule has 6 heteroatoms. The molecule has 0 aliphatic carbocycles. The summed E-state index contributed by atoms with van der Waals surface area (Å²) in [5.74, 6) is -1.78. The highest BCUT2D eigenvalue weighted by Crippen LogP contribution is 2.32. The van der Waals surface area contributed by atoms with Crippen molar-refractivity contribution < 1.29 is 14.7 Å². The van der Waals surface area contributed by atoms with Gasteiger partial charge in [0.2, 0.25) is 5.91 Å². The Balaban J connectivity index is 4.96. The van der Waals surface area contributed by atoms with E-state index in [0.29, 0.717) is 0 Å².